The van der Waals surface area contributed by atoms with Gasteiger partial charge in [0, 0.05) is 30.9 Å². The number of carbonyl (C=O) groups excluding carboxylic acids is 2. The van der Waals surface area contributed by atoms with Gasteiger partial charge in [0.1, 0.15) is 0 Å². The minimum atomic E-state index is -0.239. The molecule has 0 atom stereocenters. The Labute approximate surface area is 183 Å². The van der Waals surface area contributed by atoms with Crippen molar-refractivity contribution in [1.82, 2.24) is 5.32 Å². The van der Waals surface area contributed by atoms with Crippen LogP contribution in [0.25, 0.3) is 10.8 Å². The molecule has 0 bridgehead atoms. The van der Waals surface area contributed by atoms with Crippen LogP contribution in [-0.4, -0.2) is 18.5 Å². The summed E-state index contributed by atoms with van der Waals surface area (Å²) in [4.78, 5) is 26.8. The fourth-order valence-electron chi connectivity index (χ4n) is 4.07. The zero-order valence-electron chi connectivity index (χ0n) is 18.2. The molecule has 1 aliphatic heterocycles. The highest BCUT2D eigenvalue weighted by Crippen LogP contribution is 2.31. The minimum Gasteiger partial charge on any atom is -0.334 e. The summed E-state index contributed by atoms with van der Waals surface area (Å²) in [7, 11) is 0. The maximum atomic E-state index is 12.5. The van der Waals surface area contributed by atoms with Crippen LogP contribution in [0, 0.1) is 5.92 Å². The van der Waals surface area contributed by atoms with Gasteiger partial charge in [0.05, 0.1) is 0 Å². The molecule has 0 unspecified atom stereocenters. The lowest BCUT2D eigenvalue weighted by atomic mass is 9.99. The molecule has 0 aromatic heterocycles. The molecule has 5 nitrogen and oxygen atoms in total. The quantitative estimate of drug-likeness (QED) is 0.559. The van der Waals surface area contributed by atoms with E-state index in [0.717, 1.165) is 46.2 Å². The number of aryl methyl sites for hydroxylation is 1. The van der Waals surface area contributed by atoms with Crippen LogP contribution in [0.15, 0.2) is 60.7 Å². The number of nitrogens with one attached hydrogen (secondary N) is 2. The molecular weight excluding hydrogens is 386 g/mol. The van der Waals surface area contributed by atoms with Crippen LogP contribution >= 0.6 is 0 Å². The van der Waals surface area contributed by atoms with E-state index in [-0.39, 0.29) is 11.9 Å². The molecule has 3 amide bonds. The maximum absolute atomic E-state index is 12.5. The zero-order valence-corrected chi connectivity index (χ0v) is 18.2. The van der Waals surface area contributed by atoms with E-state index in [1.165, 1.54) is 0 Å². The molecular formula is C26H29N3O2. The maximum Gasteiger partial charge on any atom is 0.319 e. The normalized spacial score (nSPS) is 13.4. The van der Waals surface area contributed by atoms with Gasteiger partial charge in [-0.3, -0.25) is 4.79 Å². The smallest absolute Gasteiger partial charge is 0.319 e. The van der Waals surface area contributed by atoms with Gasteiger partial charge in [-0.15, -0.1) is 0 Å². The third-order valence-electron chi connectivity index (χ3n) is 5.79. The number of carbonyl (C=O) groups is 2. The molecule has 0 saturated carbocycles. The van der Waals surface area contributed by atoms with E-state index in [2.05, 4.69) is 42.7 Å². The van der Waals surface area contributed by atoms with Crippen LogP contribution in [0.5, 0.6) is 0 Å². The van der Waals surface area contributed by atoms with Gasteiger partial charge in [-0.1, -0.05) is 56.3 Å². The van der Waals surface area contributed by atoms with E-state index in [1.807, 2.05) is 47.4 Å². The van der Waals surface area contributed by atoms with Crippen molar-refractivity contribution in [3.63, 3.8) is 0 Å². The predicted octanol–water partition coefficient (Wildman–Crippen LogP) is 5.49. The van der Waals surface area contributed by atoms with Crippen molar-refractivity contribution in [3.8, 4) is 0 Å². The summed E-state index contributed by atoms with van der Waals surface area (Å²) >= 11 is 0. The van der Waals surface area contributed by atoms with E-state index < -0.39 is 0 Å². The van der Waals surface area contributed by atoms with Crippen LogP contribution in [0.3, 0.4) is 0 Å². The third kappa shape index (κ3) is 4.88. The highest BCUT2D eigenvalue weighted by atomic mass is 16.2. The third-order valence-corrected chi connectivity index (χ3v) is 5.79. The molecule has 3 aromatic rings. The number of amides is 3. The summed E-state index contributed by atoms with van der Waals surface area (Å²) in [6.45, 7) is 5.52. The van der Waals surface area contributed by atoms with Crippen LogP contribution in [0.2, 0.25) is 0 Å². The summed E-state index contributed by atoms with van der Waals surface area (Å²) in [5.41, 5.74) is 3.90. The van der Waals surface area contributed by atoms with Gasteiger partial charge < -0.3 is 15.5 Å². The van der Waals surface area contributed by atoms with Gasteiger partial charge >= 0.3 is 6.03 Å². The summed E-state index contributed by atoms with van der Waals surface area (Å²) in [6, 6.07) is 19.8. The summed E-state index contributed by atoms with van der Waals surface area (Å²) in [5, 5.41) is 8.19. The molecule has 31 heavy (non-hydrogen) atoms. The molecule has 4 rings (SSSR count). The summed E-state index contributed by atoms with van der Waals surface area (Å²) in [6.07, 6.45) is 2.20. The first-order valence-electron chi connectivity index (χ1n) is 11.0. The Balaban J connectivity index is 1.41. The highest BCUT2D eigenvalue weighted by molar-refractivity contribution is 5.97. The van der Waals surface area contributed by atoms with Gasteiger partial charge in [-0.25, -0.2) is 4.79 Å². The SMILES string of the molecule is CC(C)CCN1C(=O)CCc2cc(NC(=O)NCc3cccc4ccccc34)ccc21. The van der Waals surface area contributed by atoms with Crippen molar-refractivity contribution in [2.24, 2.45) is 5.92 Å². The summed E-state index contributed by atoms with van der Waals surface area (Å²) < 4.78 is 0. The predicted molar refractivity (Wildman–Crippen MR) is 126 cm³/mol. The molecule has 1 aliphatic rings. The van der Waals surface area contributed by atoms with Crippen molar-refractivity contribution in [1.29, 1.82) is 0 Å². The molecule has 1 heterocycles. The second-order valence-electron chi connectivity index (χ2n) is 8.52. The van der Waals surface area contributed by atoms with Crippen LogP contribution in [0.1, 0.15) is 37.8 Å². The monoisotopic (exact) mass is 415 g/mol. The Morgan fingerprint density at radius 2 is 1.84 bits per heavy atom. The van der Waals surface area contributed by atoms with Gasteiger partial charge in [-0.05, 0) is 58.9 Å². The molecule has 0 radical (unpaired) electrons. The molecule has 160 valence electrons. The lowest BCUT2D eigenvalue weighted by Crippen LogP contribution is -2.36. The number of urea groups is 1. The zero-order chi connectivity index (χ0) is 21.8. The lowest BCUT2D eigenvalue weighted by Gasteiger charge is -2.30. The van der Waals surface area contributed by atoms with Crippen LogP contribution < -0.4 is 15.5 Å². The Morgan fingerprint density at radius 3 is 2.68 bits per heavy atom. The first kappa shape index (κ1) is 20.9. The average molecular weight is 416 g/mol. The van der Waals surface area contributed by atoms with Crippen LogP contribution in [-0.2, 0) is 17.8 Å². The Kier molecular flexibility index (Phi) is 6.21. The van der Waals surface area contributed by atoms with E-state index in [0.29, 0.717) is 25.3 Å². The number of anilines is 2. The van der Waals surface area contributed by atoms with E-state index in [1.54, 1.807) is 0 Å². The van der Waals surface area contributed by atoms with E-state index >= 15 is 0 Å². The van der Waals surface area contributed by atoms with E-state index in [4.69, 9.17) is 0 Å². The number of hydrogen-bond donors (Lipinski definition) is 2. The average Bonchev–Trinajstić information content (AvgIpc) is 2.77. The number of benzene rings is 3. The largest absolute Gasteiger partial charge is 0.334 e. The van der Waals surface area contributed by atoms with Crippen molar-refractivity contribution in [2.75, 3.05) is 16.8 Å². The van der Waals surface area contributed by atoms with Gasteiger partial charge in [-0.2, -0.15) is 0 Å². The lowest BCUT2D eigenvalue weighted by molar-refractivity contribution is -0.118. The van der Waals surface area contributed by atoms with Crippen molar-refractivity contribution in [2.45, 2.75) is 39.7 Å². The first-order valence-corrected chi connectivity index (χ1v) is 11.0. The number of nitrogens with zero attached hydrogens (tertiary/aromatic N) is 1. The van der Waals surface area contributed by atoms with Crippen molar-refractivity contribution < 1.29 is 9.59 Å². The molecule has 3 aromatic carbocycles. The number of fused-ring (bicyclic) bond motifs is 2. The number of hydrogen-bond acceptors (Lipinski definition) is 2. The topological polar surface area (TPSA) is 61.4 Å². The molecule has 0 fully saturated rings. The first-order chi connectivity index (χ1) is 15.0. The molecule has 5 heteroatoms. The fraction of sp³-hybridized carbons (Fsp3) is 0.308. The molecule has 0 saturated heterocycles. The Hall–Kier alpha value is -3.34. The minimum absolute atomic E-state index is 0.182. The Bertz CT molecular complexity index is 1100. The molecule has 2 N–H and O–H groups in total. The van der Waals surface area contributed by atoms with Crippen LogP contribution in [0.4, 0.5) is 16.2 Å². The Morgan fingerprint density at radius 1 is 1.03 bits per heavy atom. The van der Waals surface area contributed by atoms with Gasteiger partial charge in [0.15, 0.2) is 0 Å². The fourth-order valence-corrected chi connectivity index (χ4v) is 4.07. The van der Waals surface area contributed by atoms with E-state index in [9.17, 15) is 9.59 Å². The second-order valence-corrected chi connectivity index (χ2v) is 8.52. The van der Waals surface area contributed by atoms with Gasteiger partial charge in [0.25, 0.3) is 0 Å². The van der Waals surface area contributed by atoms with Gasteiger partial charge in [0.2, 0.25) is 5.91 Å². The summed E-state index contributed by atoms with van der Waals surface area (Å²) in [5.74, 6) is 0.728. The van der Waals surface area contributed by atoms with Crippen molar-refractivity contribution >= 4 is 34.1 Å². The second kappa shape index (κ2) is 9.21. The highest BCUT2D eigenvalue weighted by Gasteiger charge is 2.24. The standard InChI is InChI=1S/C26H29N3O2/c1-18(2)14-15-29-24-12-11-22(16-20(24)10-13-25(29)30)28-26(31)27-17-21-8-5-7-19-6-3-4-9-23(19)21/h3-9,11-12,16,18H,10,13-15,17H2,1-2H3,(H2,27,28,31). The molecule has 0 spiro atoms. The van der Waals surface area contributed by atoms with Crippen molar-refractivity contribution in [3.05, 3.63) is 71.8 Å². The molecule has 0 aliphatic carbocycles. The number of rotatable bonds is 6.